The summed E-state index contributed by atoms with van der Waals surface area (Å²) in [6, 6.07) is 22.9. The van der Waals surface area contributed by atoms with Gasteiger partial charge in [0.1, 0.15) is 23.0 Å². The van der Waals surface area contributed by atoms with Crippen molar-refractivity contribution < 1.29 is 42.9 Å². The topological polar surface area (TPSA) is 122 Å². The van der Waals surface area contributed by atoms with Gasteiger partial charge in [-0.15, -0.1) is 0 Å². The molecule has 0 fully saturated rings. The van der Waals surface area contributed by atoms with Crippen LogP contribution >= 0.6 is 0 Å². The first-order valence-corrected chi connectivity index (χ1v) is 15.6. The van der Waals surface area contributed by atoms with Gasteiger partial charge in [0.15, 0.2) is 0 Å². The maximum absolute atomic E-state index is 12.6. The molecule has 4 rings (SSSR count). The minimum atomic E-state index is -1.10. The molecule has 4 aromatic rings. The Morgan fingerprint density at radius 3 is 1.27 bits per heavy atom. The van der Waals surface area contributed by atoms with Crippen LogP contribution in [-0.2, 0) is 24.0 Å². The fourth-order valence-electron chi connectivity index (χ4n) is 4.03. The zero-order chi connectivity index (χ0) is 37.9. The van der Waals surface area contributed by atoms with Crippen LogP contribution in [0.2, 0.25) is 0 Å². The van der Waals surface area contributed by atoms with E-state index < -0.39 is 29.7 Å². The largest absolute Gasteiger partial charge is 0.423 e. The summed E-state index contributed by atoms with van der Waals surface area (Å²) in [7, 11) is 0. The lowest BCUT2D eigenvalue weighted by molar-refractivity contribution is -0.146. The van der Waals surface area contributed by atoms with Crippen molar-refractivity contribution in [2.45, 2.75) is 27.7 Å². The molecule has 9 heteroatoms. The summed E-state index contributed by atoms with van der Waals surface area (Å²) in [4.78, 5) is 60.6. The van der Waals surface area contributed by atoms with E-state index in [9.17, 15) is 24.0 Å². The Balaban J connectivity index is 1.70. The Morgan fingerprint density at radius 1 is 0.462 bits per heavy atom. The predicted molar refractivity (Wildman–Crippen MR) is 194 cm³/mol. The van der Waals surface area contributed by atoms with Gasteiger partial charge in [-0.2, -0.15) is 0 Å². The van der Waals surface area contributed by atoms with Crippen molar-refractivity contribution in [2.24, 2.45) is 0 Å². The molecule has 0 unspecified atom stereocenters. The molecule has 9 nitrogen and oxygen atoms in total. The molecule has 0 saturated carbocycles. The first-order chi connectivity index (χ1) is 24.7. The second-order valence-corrected chi connectivity index (χ2v) is 11.4. The summed E-state index contributed by atoms with van der Waals surface area (Å²) in [6.45, 7) is 16.4. The first-order valence-electron chi connectivity index (χ1n) is 15.6. The number of esters is 4. The van der Waals surface area contributed by atoms with Crippen LogP contribution in [0.4, 0.5) is 0 Å². The maximum Gasteiger partial charge on any atom is 0.379 e. The van der Waals surface area contributed by atoms with Crippen molar-refractivity contribution in [1.82, 2.24) is 0 Å². The monoisotopic (exact) mass is 692 g/mol. The molecule has 0 bridgehead atoms. The van der Waals surface area contributed by atoms with E-state index in [0.717, 1.165) is 6.92 Å². The number of ether oxygens (including phenoxy) is 4. The molecular formula is C43H32O9. The Morgan fingerprint density at radius 2 is 0.846 bits per heavy atom. The molecule has 0 amide bonds. The Kier molecular flexibility index (Phi) is 12.2. The number of rotatable bonds is 9. The van der Waals surface area contributed by atoms with Gasteiger partial charge in [-0.3, -0.25) is 4.79 Å². The van der Waals surface area contributed by atoms with Crippen LogP contribution in [0.15, 0.2) is 121 Å². The van der Waals surface area contributed by atoms with Crippen molar-refractivity contribution >= 4 is 29.7 Å². The number of ketones is 1. The van der Waals surface area contributed by atoms with Gasteiger partial charge in [-0.1, -0.05) is 55.6 Å². The smallest absolute Gasteiger partial charge is 0.379 e. The van der Waals surface area contributed by atoms with Gasteiger partial charge >= 0.3 is 23.9 Å². The van der Waals surface area contributed by atoms with Crippen molar-refractivity contribution in [2.75, 3.05) is 0 Å². The summed E-state index contributed by atoms with van der Waals surface area (Å²) in [5.41, 5.74) is 3.58. The Labute approximate surface area is 301 Å². The minimum Gasteiger partial charge on any atom is -0.423 e. The molecule has 0 spiro atoms. The molecule has 0 saturated heterocycles. The lowest BCUT2D eigenvalue weighted by Gasteiger charge is -2.14. The van der Waals surface area contributed by atoms with Crippen LogP contribution in [0.25, 0.3) is 11.1 Å². The molecule has 52 heavy (non-hydrogen) atoms. The number of hydrogen-bond acceptors (Lipinski definition) is 9. The summed E-state index contributed by atoms with van der Waals surface area (Å²) in [5, 5.41) is 0. The van der Waals surface area contributed by atoms with E-state index in [-0.39, 0.29) is 33.8 Å². The second-order valence-electron chi connectivity index (χ2n) is 11.4. The molecule has 0 aromatic heterocycles. The van der Waals surface area contributed by atoms with Gasteiger partial charge < -0.3 is 18.9 Å². The fraction of sp³-hybridized carbons (Fsp3) is 0.0930. The molecule has 0 N–H and O–H groups in total. The Hall–Kier alpha value is -7.23. The molecule has 0 radical (unpaired) electrons. The fourth-order valence-corrected chi connectivity index (χ4v) is 4.03. The highest BCUT2D eigenvalue weighted by atomic mass is 16.6. The van der Waals surface area contributed by atoms with E-state index in [1.54, 1.807) is 79.7 Å². The van der Waals surface area contributed by atoms with Gasteiger partial charge in [0.05, 0.1) is 5.56 Å². The summed E-state index contributed by atoms with van der Waals surface area (Å²) in [6.07, 6.45) is 0. The third-order valence-corrected chi connectivity index (χ3v) is 6.84. The van der Waals surface area contributed by atoms with Gasteiger partial charge in [-0.25, -0.2) is 19.2 Å². The van der Waals surface area contributed by atoms with Crippen LogP contribution in [0, 0.1) is 23.7 Å². The number of carbonyl (C=O) groups excluding carboxylic acids is 5. The van der Waals surface area contributed by atoms with Gasteiger partial charge in [-0.05, 0) is 93.1 Å². The first kappa shape index (κ1) is 37.6. The molecule has 0 aliphatic heterocycles. The van der Waals surface area contributed by atoms with E-state index >= 15 is 0 Å². The third-order valence-electron chi connectivity index (χ3n) is 6.84. The number of benzene rings is 4. The predicted octanol–water partition coefficient (Wildman–Crippen LogP) is 7.09. The van der Waals surface area contributed by atoms with E-state index in [4.69, 9.17) is 18.9 Å². The lowest BCUT2D eigenvalue weighted by Crippen LogP contribution is -2.17. The normalized spacial score (nSPS) is 9.85. The van der Waals surface area contributed by atoms with Crippen LogP contribution < -0.4 is 18.9 Å². The molecular weight excluding hydrogens is 660 g/mol. The Bertz CT molecular complexity index is 2250. The molecule has 258 valence electrons. The SMILES string of the molecule is C=C(C)C(=O)Oc1ccc(C#Cc2ccc(-c3cc(OC(=O)C(=C)C)c(C#Cc4ccc(OC(=O)C(=C)C)cc4)cc3OC(=O)C(C)=O)cc2)cc1. The van der Waals surface area contributed by atoms with E-state index in [0.29, 0.717) is 39.3 Å². The maximum atomic E-state index is 12.6. The van der Waals surface area contributed by atoms with Crippen molar-refractivity contribution in [3.8, 4) is 57.8 Å². The lowest BCUT2D eigenvalue weighted by atomic mass is 10.00. The molecule has 0 aliphatic rings. The van der Waals surface area contributed by atoms with E-state index in [1.165, 1.54) is 26.0 Å². The molecule has 0 aliphatic carbocycles. The van der Waals surface area contributed by atoms with Crippen LogP contribution in [-0.4, -0.2) is 29.7 Å². The number of Topliss-reactive ketones (excluding diaryl/α,β-unsaturated/α-hetero) is 1. The standard InChI is InChI=1S/C43H32O9/c1-26(2)40(45)49-35-20-13-31(14-21-35)9-8-30-10-17-33(18-11-30)37-25-38(51-42(47)28(5)6)34(24-39(37)52-43(48)29(7)44)19-12-32-15-22-36(23-16-32)50-41(46)27(3)4/h10-11,13-18,20-25H,1,3,5H2,2,4,6-7H3. The van der Waals surface area contributed by atoms with Crippen molar-refractivity contribution in [3.05, 3.63) is 144 Å². The highest BCUT2D eigenvalue weighted by molar-refractivity contribution is 6.33. The zero-order valence-electron chi connectivity index (χ0n) is 28.9. The van der Waals surface area contributed by atoms with Crippen molar-refractivity contribution in [3.63, 3.8) is 0 Å². The van der Waals surface area contributed by atoms with Gasteiger partial charge in [0, 0.05) is 52.0 Å². The van der Waals surface area contributed by atoms with Crippen molar-refractivity contribution in [1.29, 1.82) is 0 Å². The van der Waals surface area contributed by atoms with Crippen LogP contribution in [0.1, 0.15) is 49.9 Å². The third kappa shape index (κ3) is 10.4. The molecule has 0 heterocycles. The summed E-state index contributed by atoms with van der Waals surface area (Å²) < 4.78 is 21.5. The highest BCUT2D eigenvalue weighted by Gasteiger charge is 2.20. The van der Waals surface area contributed by atoms with E-state index in [1.807, 2.05) is 0 Å². The molecule has 4 aromatic carbocycles. The van der Waals surface area contributed by atoms with Gasteiger partial charge in [0.2, 0.25) is 5.78 Å². The zero-order valence-corrected chi connectivity index (χ0v) is 28.9. The average Bonchev–Trinajstić information content (AvgIpc) is 3.11. The van der Waals surface area contributed by atoms with Gasteiger partial charge in [0.25, 0.3) is 0 Å². The quantitative estimate of drug-likeness (QED) is 0.0595. The highest BCUT2D eigenvalue weighted by Crippen LogP contribution is 2.37. The van der Waals surface area contributed by atoms with Crippen LogP contribution in [0.3, 0.4) is 0 Å². The minimum absolute atomic E-state index is 0.00653. The number of carbonyl (C=O) groups is 5. The molecule has 0 atom stereocenters. The second kappa shape index (κ2) is 16.9. The number of hydrogen-bond donors (Lipinski definition) is 0. The van der Waals surface area contributed by atoms with Crippen LogP contribution in [0.5, 0.6) is 23.0 Å². The summed E-state index contributed by atoms with van der Waals surface area (Å²) in [5.74, 6) is 8.98. The van der Waals surface area contributed by atoms with E-state index in [2.05, 4.69) is 43.4 Å². The average molecular weight is 693 g/mol. The summed E-state index contributed by atoms with van der Waals surface area (Å²) >= 11 is 0.